The van der Waals surface area contributed by atoms with Gasteiger partial charge >= 0.3 is 0 Å². The summed E-state index contributed by atoms with van der Waals surface area (Å²) in [5, 5.41) is 0. The van der Waals surface area contributed by atoms with Crippen molar-refractivity contribution in [2.45, 2.75) is 19.8 Å². The maximum Gasteiger partial charge on any atom is 0.0373 e. The van der Waals surface area contributed by atoms with Gasteiger partial charge in [0.25, 0.3) is 0 Å². The highest BCUT2D eigenvalue weighted by Gasteiger charge is 2.09. The van der Waals surface area contributed by atoms with E-state index in [0.717, 1.165) is 5.69 Å². The number of allylic oxidation sites excluding steroid dienone is 4. The summed E-state index contributed by atoms with van der Waals surface area (Å²) < 4.78 is 0. The van der Waals surface area contributed by atoms with Gasteiger partial charge in [-0.1, -0.05) is 36.4 Å². The van der Waals surface area contributed by atoms with E-state index in [9.17, 15) is 0 Å². The van der Waals surface area contributed by atoms with Crippen LogP contribution in [0.4, 0.5) is 5.69 Å². The molecule has 0 fully saturated rings. The molecule has 14 heavy (non-hydrogen) atoms. The molecule has 1 aliphatic rings. The Labute approximate surface area is 84.9 Å². The fourth-order valence-corrected chi connectivity index (χ4v) is 1.85. The number of nitrogens with two attached hydrogens (primary N) is 1. The summed E-state index contributed by atoms with van der Waals surface area (Å²) in [6, 6.07) is 4.35. The number of nitrogen functional groups attached to an aromatic ring is 1. The third-order valence-electron chi connectivity index (χ3n) is 2.75. The Balaban J connectivity index is 2.45. The van der Waals surface area contributed by atoms with E-state index in [0.29, 0.717) is 5.92 Å². The van der Waals surface area contributed by atoms with E-state index in [4.69, 9.17) is 5.73 Å². The lowest BCUT2D eigenvalue weighted by Crippen LogP contribution is -1.97. The van der Waals surface area contributed by atoms with Gasteiger partial charge in [-0.15, -0.1) is 0 Å². The topological polar surface area (TPSA) is 26.0 Å². The molecule has 0 amide bonds. The van der Waals surface area contributed by atoms with E-state index in [1.54, 1.807) is 0 Å². The highest BCUT2D eigenvalue weighted by molar-refractivity contribution is 5.56. The number of hydrogen-bond donors (Lipinski definition) is 1. The number of rotatable bonds is 1. The molecule has 0 radical (unpaired) electrons. The number of anilines is 1. The molecule has 0 saturated heterocycles. The summed E-state index contributed by atoms with van der Waals surface area (Å²) in [5.74, 6) is 0.438. The second-order valence-electron chi connectivity index (χ2n) is 3.86. The van der Waals surface area contributed by atoms with Crippen LogP contribution >= 0.6 is 0 Å². The van der Waals surface area contributed by atoms with Gasteiger partial charge in [0, 0.05) is 11.6 Å². The smallest absolute Gasteiger partial charge is 0.0373 e. The van der Waals surface area contributed by atoms with E-state index >= 15 is 0 Å². The molecule has 2 rings (SSSR count). The van der Waals surface area contributed by atoms with E-state index < -0.39 is 0 Å². The molecule has 1 nitrogen and oxygen atoms in total. The molecule has 1 heteroatoms. The molecule has 0 heterocycles. The van der Waals surface area contributed by atoms with Crippen LogP contribution in [0.3, 0.4) is 0 Å². The zero-order valence-corrected chi connectivity index (χ0v) is 8.62. The quantitative estimate of drug-likeness (QED) is 0.668. The van der Waals surface area contributed by atoms with Crippen molar-refractivity contribution in [1.82, 2.24) is 0 Å². The molecule has 2 N–H and O–H groups in total. The molecule has 0 unspecified atom stereocenters. The van der Waals surface area contributed by atoms with Crippen LogP contribution in [0, 0.1) is 13.8 Å². The normalized spacial score (nSPS) is 15.3. The fourth-order valence-electron chi connectivity index (χ4n) is 1.85. The van der Waals surface area contributed by atoms with Crippen molar-refractivity contribution in [1.29, 1.82) is 0 Å². The second-order valence-corrected chi connectivity index (χ2v) is 3.86. The Hall–Kier alpha value is -1.50. The van der Waals surface area contributed by atoms with Crippen LogP contribution < -0.4 is 5.73 Å². The van der Waals surface area contributed by atoms with Gasteiger partial charge in [0.05, 0.1) is 0 Å². The second kappa shape index (κ2) is 3.33. The summed E-state index contributed by atoms with van der Waals surface area (Å²) >= 11 is 0. The van der Waals surface area contributed by atoms with Crippen LogP contribution in [0.5, 0.6) is 0 Å². The van der Waals surface area contributed by atoms with Crippen molar-refractivity contribution in [2.75, 3.05) is 5.73 Å². The molecule has 0 bridgehead atoms. The Morgan fingerprint density at radius 3 is 2.00 bits per heavy atom. The van der Waals surface area contributed by atoms with Crippen LogP contribution in [0.25, 0.3) is 0 Å². The van der Waals surface area contributed by atoms with E-state index in [1.165, 1.54) is 16.7 Å². The number of benzene rings is 1. The molecule has 0 aromatic heterocycles. The predicted molar refractivity (Wildman–Crippen MR) is 61.3 cm³/mol. The van der Waals surface area contributed by atoms with Gasteiger partial charge in [0.15, 0.2) is 0 Å². The zero-order chi connectivity index (χ0) is 10.1. The highest BCUT2D eigenvalue weighted by Crippen LogP contribution is 2.27. The highest BCUT2D eigenvalue weighted by atomic mass is 14.6. The summed E-state index contributed by atoms with van der Waals surface area (Å²) in [6.45, 7) is 4.13. The molecule has 1 aromatic rings. The Morgan fingerprint density at radius 1 is 1.00 bits per heavy atom. The molecule has 0 spiro atoms. The van der Waals surface area contributed by atoms with Gasteiger partial charge in [0.2, 0.25) is 0 Å². The standard InChI is InChI=1S/C13H15N/c1-9-7-12(8-10(2)13(9)14)11-5-3-4-6-11/h3-8,11H,14H2,1-2H3. The minimum absolute atomic E-state index is 0.438. The maximum absolute atomic E-state index is 5.91. The first-order chi connectivity index (χ1) is 6.68. The summed E-state index contributed by atoms with van der Waals surface area (Å²) in [4.78, 5) is 0. The van der Waals surface area contributed by atoms with Crippen LogP contribution in [-0.4, -0.2) is 0 Å². The van der Waals surface area contributed by atoms with Gasteiger partial charge in [-0.2, -0.15) is 0 Å². The summed E-state index contributed by atoms with van der Waals surface area (Å²) in [7, 11) is 0. The molecule has 72 valence electrons. The van der Waals surface area contributed by atoms with Gasteiger partial charge < -0.3 is 5.73 Å². The lowest BCUT2D eigenvalue weighted by atomic mass is 9.95. The number of aryl methyl sites for hydroxylation is 2. The summed E-state index contributed by atoms with van der Waals surface area (Å²) in [5.41, 5.74) is 10.5. The van der Waals surface area contributed by atoms with Crippen molar-refractivity contribution >= 4 is 5.69 Å². The molecule has 0 saturated carbocycles. The Kier molecular flexibility index (Phi) is 2.16. The van der Waals surface area contributed by atoms with Crippen LogP contribution in [0.2, 0.25) is 0 Å². The van der Waals surface area contributed by atoms with Crippen molar-refractivity contribution < 1.29 is 0 Å². The average Bonchev–Trinajstić information content (AvgIpc) is 2.66. The summed E-state index contributed by atoms with van der Waals surface area (Å²) in [6.07, 6.45) is 8.58. The minimum atomic E-state index is 0.438. The van der Waals surface area contributed by atoms with Crippen LogP contribution in [0.15, 0.2) is 36.4 Å². The van der Waals surface area contributed by atoms with Crippen molar-refractivity contribution in [3.05, 3.63) is 53.1 Å². The van der Waals surface area contributed by atoms with E-state index in [2.05, 4.69) is 50.3 Å². The van der Waals surface area contributed by atoms with Crippen LogP contribution in [-0.2, 0) is 0 Å². The average molecular weight is 185 g/mol. The molecule has 1 aliphatic carbocycles. The molecule has 0 atom stereocenters. The van der Waals surface area contributed by atoms with E-state index in [1.807, 2.05) is 0 Å². The Bertz CT molecular complexity index is 378. The zero-order valence-electron chi connectivity index (χ0n) is 8.62. The van der Waals surface area contributed by atoms with Crippen LogP contribution in [0.1, 0.15) is 22.6 Å². The van der Waals surface area contributed by atoms with Gasteiger partial charge in [-0.05, 0) is 30.5 Å². The predicted octanol–water partition coefficient (Wildman–Crippen LogP) is 3.10. The molecular weight excluding hydrogens is 170 g/mol. The molecular formula is C13H15N. The first-order valence-corrected chi connectivity index (χ1v) is 4.90. The van der Waals surface area contributed by atoms with Crippen molar-refractivity contribution in [3.63, 3.8) is 0 Å². The SMILES string of the molecule is Cc1cc(C2C=CC=C2)cc(C)c1N. The number of hydrogen-bond acceptors (Lipinski definition) is 1. The Morgan fingerprint density at radius 2 is 1.50 bits per heavy atom. The lowest BCUT2D eigenvalue weighted by Gasteiger charge is -2.11. The minimum Gasteiger partial charge on any atom is -0.398 e. The maximum atomic E-state index is 5.91. The third kappa shape index (κ3) is 1.46. The molecule has 0 aliphatic heterocycles. The van der Waals surface area contributed by atoms with Gasteiger partial charge in [-0.3, -0.25) is 0 Å². The molecule has 1 aromatic carbocycles. The third-order valence-corrected chi connectivity index (χ3v) is 2.75. The monoisotopic (exact) mass is 185 g/mol. The largest absolute Gasteiger partial charge is 0.398 e. The first kappa shape index (κ1) is 9.07. The first-order valence-electron chi connectivity index (χ1n) is 4.90. The fraction of sp³-hybridized carbons (Fsp3) is 0.231. The van der Waals surface area contributed by atoms with E-state index in [-0.39, 0.29) is 0 Å². The lowest BCUT2D eigenvalue weighted by molar-refractivity contribution is 1.09. The van der Waals surface area contributed by atoms with Gasteiger partial charge in [0.1, 0.15) is 0 Å². The van der Waals surface area contributed by atoms with Crippen molar-refractivity contribution in [2.24, 2.45) is 0 Å². The van der Waals surface area contributed by atoms with Crippen molar-refractivity contribution in [3.8, 4) is 0 Å². The van der Waals surface area contributed by atoms with Gasteiger partial charge in [-0.25, -0.2) is 0 Å².